The van der Waals surface area contributed by atoms with Crippen LogP contribution in [0, 0.1) is 5.92 Å². The van der Waals surface area contributed by atoms with Crippen molar-refractivity contribution in [2.75, 3.05) is 24.0 Å². The number of hydrogen-bond donors (Lipinski definition) is 0. The number of pyridine rings is 1. The van der Waals surface area contributed by atoms with Gasteiger partial charge in [0.15, 0.2) is 0 Å². The molecular weight excluding hydrogens is 370 g/mol. The molecule has 0 aliphatic rings. The molecule has 0 saturated carbocycles. The van der Waals surface area contributed by atoms with Crippen molar-refractivity contribution in [2.45, 2.75) is 6.92 Å². The van der Waals surface area contributed by atoms with E-state index in [1.54, 1.807) is 36.1 Å². The number of anilines is 1. The van der Waals surface area contributed by atoms with Gasteiger partial charge in [-0.2, -0.15) is 11.8 Å². The molecule has 0 bridgehead atoms. The van der Waals surface area contributed by atoms with Crippen LogP contribution in [0.4, 0.5) is 5.00 Å². The average Bonchev–Trinajstić information content (AvgIpc) is 2.89. The van der Waals surface area contributed by atoms with E-state index in [-0.39, 0.29) is 11.8 Å². The van der Waals surface area contributed by atoms with Crippen LogP contribution in [0.15, 0.2) is 29.1 Å². The Kier molecular flexibility index (Phi) is 5.78. The maximum atomic E-state index is 12.4. The fourth-order valence-electron chi connectivity index (χ4n) is 1.87. The molecule has 2 heterocycles. The quantitative estimate of drug-likeness (QED) is 0.781. The van der Waals surface area contributed by atoms with Crippen LogP contribution >= 0.6 is 39.0 Å². The third kappa shape index (κ3) is 3.84. The SMILES string of the molecule is CSCC(C)C(=O)N(C)c1sc(-c2cccnc2)nc1Br. The minimum absolute atomic E-state index is 0.0131. The maximum Gasteiger partial charge on any atom is 0.231 e. The zero-order valence-electron chi connectivity index (χ0n) is 12.0. The summed E-state index contributed by atoms with van der Waals surface area (Å²) in [6.07, 6.45) is 5.51. The molecule has 7 heteroatoms. The minimum atomic E-state index is -0.0131. The Morgan fingerprint density at radius 1 is 1.57 bits per heavy atom. The fourth-order valence-corrected chi connectivity index (χ4v) is 4.23. The molecule has 1 atom stereocenters. The molecule has 0 aromatic carbocycles. The van der Waals surface area contributed by atoms with Gasteiger partial charge in [0, 0.05) is 36.7 Å². The van der Waals surface area contributed by atoms with Crippen LogP contribution in [0.25, 0.3) is 10.6 Å². The van der Waals surface area contributed by atoms with Crippen LogP contribution in [0.2, 0.25) is 0 Å². The number of aromatic nitrogens is 2. The van der Waals surface area contributed by atoms with E-state index in [0.29, 0.717) is 4.60 Å². The molecule has 0 spiro atoms. The zero-order chi connectivity index (χ0) is 15.4. The third-order valence-electron chi connectivity index (χ3n) is 2.95. The van der Waals surface area contributed by atoms with Crippen LogP contribution in [-0.4, -0.2) is 34.9 Å². The molecule has 2 aromatic heterocycles. The van der Waals surface area contributed by atoms with Gasteiger partial charge < -0.3 is 4.90 Å². The Bertz CT molecular complexity index is 618. The van der Waals surface area contributed by atoms with E-state index >= 15 is 0 Å². The second-order valence-corrected chi connectivity index (χ2v) is 7.25. The molecule has 4 nitrogen and oxygen atoms in total. The molecule has 0 N–H and O–H groups in total. The van der Waals surface area contributed by atoms with Gasteiger partial charge in [0.25, 0.3) is 0 Å². The normalized spacial score (nSPS) is 12.2. The average molecular weight is 386 g/mol. The van der Waals surface area contributed by atoms with Crippen LogP contribution in [0.1, 0.15) is 6.92 Å². The highest BCUT2D eigenvalue weighted by atomic mass is 79.9. The predicted octanol–water partition coefficient (Wildman–Crippen LogP) is 3.93. The molecule has 2 aromatic rings. The van der Waals surface area contributed by atoms with E-state index in [1.807, 2.05) is 25.3 Å². The highest BCUT2D eigenvalue weighted by Gasteiger charge is 2.23. The first-order chi connectivity index (χ1) is 10.0. The van der Waals surface area contributed by atoms with E-state index in [0.717, 1.165) is 21.3 Å². The van der Waals surface area contributed by atoms with E-state index < -0.39 is 0 Å². The Labute approximate surface area is 141 Å². The lowest BCUT2D eigenvalue weighted by atomic mass is 10.2. The fraction of sp³-hybridized carbons (Fsp3) is 0.357. The molecule has 0 aliphatic heterocycles. The molecule has 2 rings (SSSR count). The summed E-state index contributed by atoms with van der Waals surface area (Å²) in [4.78, 5) is 22.7. The molecule has 0 aliphatic carbocycles. The molecular formula is C14H16BrN3OS2. The van der Waals surface area contributed by atoms with Gasteiger partial charge in [-0.05, 0) is 34.3 Å². The second-order valence-electron chi connectivity index (χ2n) is 4.61. The van der Waals surface area contributed by atoms with Gasteiger partial charge in [0.2, 0.25) is 5.91 Å². The largest absolute Gasteiger partial charge is 0.304 e. The topological polar surface area (TPSA) is 46.1 Å². The van der Waals surface area contributed by atoms with Crippen LogP contribution in [0.3, 0.4) is 0 Å². The van der Waals surface area contributed by atoms with Gasteiger partial charge in [-0.25, -0.2) is 4.98 Å². The lowest BCUT2D eigenvalue weighted by Gasteiger charge is -2.19. The summed E-state index contributed by atoms with van der Waals surface area (Å²) >= 11 is 6.61. The first-order valence-corrected chi connectivity index (χ1v) is 9.38. The monoisotopic (exact) mass is 385 g/mol. The minimum Gasteiger partial charge on any atom is -0.304 e. The molecule has 0 fully saturated rings. The van der Waals surface area contributed by atoms with Crippen molar-refractivity contribution in [3.05, 3.63) is 29.1 Å². The highest BCUT2D eigenvalue weighted by molar-refractivity contribution is 9.10. The van der Waals surface area contributed by atoms with Gasteiger partial charge in [0.1, 0.15) is 14.6 Å². The Morgan fingerprint density at radius 2 is 2.33 bits per heavy atom. The zero-order valence-corrected chi connectivity index (χ0v) is 15.3. The Balaban J connectivity index is 2.25. The number of hydrogen-bond acceptors (Lipinski definition) is 5. The number of halogens is 1. The van der Waals surface area contributed by atoms with Crippen molar-refractivity contribution >= 4 is 49.9 Å². The highest BCUT2D eigenvalue weighted by Crippen LogP contribution is 2.37. The number of carbonyl (C=O) groups is 1. The van der Waals surface area contributed by atoms with Crippen LogP contribution in [0.5, 0.6) is 0 Å². The van der Waals surface area contributed by atoms with Gasteiger partial charge >= 0.3 is 0 Å². The summed E-state index contributed by atoms with van der Waals surface area (Å²) in [6.45, 7) is 1.95. The summed E-state index contributed by atoms with van der Waals surface area (Å²) in [6, 6.07) is 3.83. The number of rotatable bonds is 5. The van der Waals surface area contributed by atoms with Gasteiger partial charge in [-0.3, -0.25) is 9.78 Å². The molecule has 1 unspecified atom stereocenters. The number of carbonyl (C=O) groups excluding carboxylic acids is 1. The molecule has 0 radical (unpaired) electrons. The third-order valence-corrected chi connectivity index (χ3v) is 5.78. The smallest absolute Gasteiger partial charge is 0.231 e. The van der Waals surface area contributed by atoms with Crippen molar-refractivity contribution in [2.24, 2.45) is 5.92 Å². The molecule has 1 amide bonds. The predicted molar refractivity (Wildman–Crippen MR) is 94.0 cm³/mol. The maximum absolute atomic E-state index is 12.4. The number of amides is 1. The standard InChI is InChI=1S/C14H16BrN3OS2/c1-9(8-20-3)13(19)18(2)14-11(15)17-12(21-14)10-5-4-6-16-7-10/h4-7,9H,8H2,1-3H3. The van der Waals surface area contributed by atoms with Crippen LogP contribution in [-0.2, 0) is 4.79 Å². The summed E-state index contributed by atoms with van der Waals surface area (Å²) in [5, 5.41) is 1.67. The van der Waals surface area contributed by atoms with Gasteiger partial charge in [-0.1, -0.05) is 18.3 Å². The van der Waals surface area contributed by atoms with E-state index in [2.05, 4.69) is 25.9 Å². The van der Waals surface area contributed by atoms with E-state index in [1.165, 1.54) is 11.3 Å². The van der Waals surface area contributed by atoms with Crippen molar-refractivity contribution in [3.63, 3.8) is 0 Å². The van der Waals surface area contributed by atoms with Gasteiger partial charge in [0.05, 0.1) is 0 Å². The van der Waals surface area contributed by atoms with Crippen molar-refractivity contribution in [3.8, 4) is 10.6 Å². The molecule has 112 valence electrons. The second kappa shape index (κ2) is 7.38. The van der Waals surface area contributed by atoms with Crippen molar-refractivity contribution < 1.29 is 4.79 Å². The Morgan fingerprint density at radius 3 is 2.95 bits per heavy atom. The van der Waals surface area contributed by atoms with Crippen molar-refractivity contribution in [1.82, 2.24) is 9.97 Å². The number of thiazole rings is 1. The summed E-state index contributed by atoms with van der Waals surface area (Å²) in [5.41, 5.74) is 0.951. The molecule has 0 saturated heterocycles. The summed E-state index contributed by atoms with van der Waals surface area (Å²) in [7, 11) is 1.80. The van der Waals surface area contributed by atoms with E-state index in [4.69, 9.17) is 0 Å². The number of thioether (sulfide) groups is 1. The lowest BCUT2D eigenvalue weighted by molar-refractivity contribution is -0.120. The van der Waals surface area contributed by atoms with Gasteiger partial charge in [-0.15, -0.1) is 0 Å². The first kappa shape index (κ1) is 16.5. The summed E-state index contributed by atoms with van der Waals surface area (Å²) < 4.78 is 0.693. The summed E-state index contributed by atoms with van der Waals surface area (Å²) in [5.74, 6) is 0.905. The van der Waals surface area contributed by atoms with Crippen LogP contribution < -0.4 is 4.90 Å². The lowest BCUT2D eigenvalue weighted by Crippen LogP contribution is -2.32. The molecule has 21 heavy (non-hydrogen) atoms. The Hall–Kier alpha value is -0.920. The van der Waals surface area contributed by atoms with Crippen molar-refractivity contribution in [1.29, 1.82) is 0 Å². The first-order valence-electron chi connectivity index (χ1n) is 6.37. The number of nitrogens with zero attached hydrogens (tertiary/aromatic N) is 3. The van der Waals surface area contributed by atoms with E-state index in [9.17, 15) is 4.79 Å².